The Labute approximate surface area is 203 Å². The van der Waals surface area contributed by atoms with Gasteiger partial charge < -0.3 is 15.4 Å². The zero-order chi connectivity index (χ0) is 25.1. The number of halogens is 1. The van der Waals surface area contributed by atoms with Gasteiger partial charge in [0, 0.05) is 29.4 Å². The van der Waals surface area contributed by atoms with Crippen molar-refractivity contribution < 1.29 is 18.7 Å². The van der Waals surface area contributed by atoms with Crippen LogP contribution in [0.25, 0.3) is 22.5 Å². The third kappa shape index (κ3) is 6.17. The lowest BCUT2D eigenvalue weighted by molar-refractivity contribution is 0.0378. The van der Waals surface area contributed by atoms with Gasteiger partial charge in [-0.25, -0.2) is 14.2 Å². The van der Waals surface area contributed by atoms with E-state index in [0.29, 0.717) is 29.1 Å². The number of alkyl carbamates (subject to hydrolysis) is 1. The number of nitrogens with zero attached hydrogens (tertiary/aromatic N) is 3. The van der Waals surface area contributed by atoms with Gasteiger partial charge in [0.25, 0.3) is 5.91 Å². The molecule has 0 saturated heterocycles. The summed E-state index contributed by atoms with van der Waals surface area (Å²) in [5, 5.41) is 5.85. The number of benzene rings is 1. The van der Waals surface area contributed by atoms with Crippen LogP contribution >= 0.6 is 0 Å². The number of pyridine rings is 1. The van der Waals surface area contributed by atoms with Crippen LogP contribution in [0.2, 0.25) is 0 Å². The number of carbonyl (C=O) groups is 2. The van der Waals surface area contributed by atoms with E-state index in [-0.39, 0.29) is 5.91 Å². The maximum Gasteiger partial charge on any atom is 0.408 e. The molecule has 0 unspecified atom stereocenters. The van der Waals surface area contributed by atoms with E-state index in [9.17, 15) is 14.0 Å². The Balaban J connectivity index is 1.40. The second-order valence-corrected chi connectivity index (χ2v) is 9.70. The zero-order valence-electron chi connectivity index (χ0n) is 20.0. The molecule has 1 aliphatic carbocycles. The minimum absolute atomic E-state index is 0.237. The molecule has 0 atom stereocenters. The van der Waals surface area contributed by atoms with E-state index in [1.165, 1.54) is 12.3 Å². The van der Waals surface area contributed by atoms with E-state index in [4.69, 9.17) is 4.74 Å². The first-order chi connectivity index (χ1) is 16.6. The monoisotopic (exact) mass is 477 g/mol. The van der Waals surface area contributed by atoms with E-state index in [1.807, 2.05) is 20.8 Å². The summed E-state index contributed by atoms with van der Waals surface area (Å²) in [4.78, 5) is 37.6. The Kier molecular flexibility index (Phi) is 6.77. The standard InChI is InChI=1S/C26H28FN5O3/c1-25(2,3)35-24(34)32-26(9-4-10-26)16-30-23(33)18-7-5-17(6-8-18)21-14-29-15-22(31-21)19-11-20(27)13-28-12-19/h5-8,11-15H,4,9-10,16H2,1-3H3,(H,30,33)(H,32,34). The molecular formula is C26H28FN5O3. The van der Waals surface area contributed by atoms with Gasteiger partial charge in [-0.05, 0) is 58.2 Å². The molecule has 1 saturated carbocycles. The lowest BCUT2D eigenvalue weighted by atomic mass is 9.76. The van der Waals surface area contributed by atoms with Crippen LogP contribution in [0.3, 0.4) is 0 Å². The van der Waals surface area contributed by atoms with Gasteiger partial charge in [-0.15, -0.1) is 0 Å². The molecular weight excluding hydrogens is 449 g/mol. The van der Waals surface area contributed by atoms with Crippen LogP contribution in [0.4, 0.5) is 9.18 Å². The molecule has 35 heavy (non-hydrogen) atoms. The van der Waals surface area contributed by atoms with Gasteiger partial charge in [-0.3, -0.25) is 14.8 Å². The summed E-state index contributed by atoms with van der Waals surface area (Å²) in [7, 11) is 0. The van der Waals surface area contributed by atoms with Crippen molar-refractivity contribution in [3.05, 3.63) is 66.5 Å². The maximum absolute atomic E-state index is 13.5. The summed E-state index contributed by atoms with van der Waals surface area (Å²) in [6, 6.07) is 8.32. The van der Waals surface area contributed by atoms with Gasteiger partial charge in [-0.1, -0.05) is 12.1 Å². The van der Waals surface area contributed by atoms with Crippen LogP contribution in [0.15, 0.2) is 55.1 Å². The predicted octanol–water partition coefficient (Wildman–Crippen LogP) is 4.52. The lowest BCUT2D eigenvalue weighted by Crippen LogP contribution is -2.60. The van der Waals surface area contributed by atoms with Crippen LogP contribution in [0.5, 0.6) is 0 Å². The Morgan fingerprint density at radius 1 is 1.00 bits per heavy atom. The number of rotatable bonds is 6. The Bertz CT molecular complexity index is 1220. The third-order valence-corrected chi connectivity index (χ3v) is 5.74. The highest BCUT2D eigenvalue weighted by Gasteiger charge is 2.39. The van der Waals surface area contributed by atoms with E-state index >= 15 is 0 Å². The van der Waals surface area contributed by atoms with E-state index in [2.05, 4.69) is 25.6 Å². The van der Waals surface area contributed by atoms with Crippen molar-refractivity contribution in [2.75, 3.05) is 6.54 Å². The van der Waals surface area contributed by atoms with Crippen molar-refractivity contribution in [1.82, 2.24) is 25.6 Å². The first-order valence-corrected chi connectivity index (χ1v) is 11.5. The molecule has 0 spiro atoms. The maximum atomic E-state index is 13.5. The highest BCUT2D eigenvalue weighted by Crippen LogP contribution is 2.31. The Morgan fingerprint density at radius 3 is 2.26 bits per heavy atom. The molecule has 0 radical (unpaired) electrons. The molecule has 1 fully saturated rings. The van der Waals surface area contributed by atoms with Gasteiger partial charge in [0.2, 0.25) is 0 Å². The number of amides is 2. The van der Waals surface area contributed by atoms with Gasteiger partial charge in [0.05, 0.1) is 35.5 Å². The highest BCUT2D eigenvalue weighted by molar-refractivity contribution is 5.94. The fourth-order valence-corrected chi connectivity index (χ4v) is 3.81. The van der Waals surface area contributed by atoms with Gasteiger partial charge in [-0.2, -0.15) is 0 Å². The molecule has 0 aliphatic heterocycles. The largest absolute Gasteiger partial charge is 0.444 e. The fraction of sp³-hybridized carbons (Fsp3) is 0.346. The van der Waals surface area contributed by atoms with Gasteiger partial charge >= 0.3 is 6.09 Å². The van der Waals surface area contributed by atoms with Gasteiger partial charge in [0.1, 0.15) is 11.4 Å². The van der Waals surface area contributed by atoms with Crippen LogP contribution < -0.4 is 10.6 Å². The molecule has 8 nitrogen and oxygen atoms in total. The Morgan fingerprint density at radius 2 is 1.66 bits per heavy atom. The average Bonchev–Trinajstić information content (AvgIpc) is 2.79. The minimum atomic E-state index is -0.585. The second-order valence-electron chi connectivity index (χ2n) is 9.70. The molecule has 1 aliphatic rings. The predicted molar refractivity (Wildman–Crippen MR) is 129 cm³/mol. The number of aromatic nitrogens is 3. The van der Waals surface area contributed by atoms with Crippen molar-refractivity contribution in [3.63, 3.8) is 0 Å². The van der Waals surface area contributed by atoms with Crippen LogP contribution in [0, 0.1) is 5.82 Å². The third-order valence-electron chi connectivity index (χ3n) is 5.74. The van der Waals surface area contributed by atoms with Crippen molar-refractivity contribution in [2.45, 2.75) is 51.2 Å². The Hall–Kier alpha value is -3.88. The van der Waals surface area contributed by atoms with Crippen LogP contribution in [0.1, 0.15) is 50.4 Å². The zero-order valence-corrected chi connectivity index (χ0v) is 20.0. The molecule has 2 N–H and O–H groups in total. The average molecular weight is 478 g/mol. The number of nitrogens with one attached hydrogen (secondary N) is 2. The first-order valence-electron chi connectivity index (χ1n) is 11.5. The van der Waals surface area contributed by atoms with Crippen molar-refractivity contribution in [1.29, 1.82) is 0 Å². The first kappa shape index (κ1) is 24.3. The number of hydrogen-bond acceptors (Lipinski definition) is 6. The fourth-order valence-electron chi connectivity index (χ4n) is 3.81. The molecule has 4 rings (SSSR count). The smallest absolute Gasteiger partial charge is 0.408 e. The minimum Gasteiger partial charge on any atom is -0.444 e. The molecule has 0 bridgehead atoms. The van der Waals surface area contributed by atoms with Crippen LogP contribution in [-0.2, 0) is 4.74 Å². The quantitative estimate of drug-likeness (QED) is 0.541. The molecule has 9 heteroatoms. The molecule has 3 aromatic rings. The summed E-state index contributed by atoms with van der Waals surface area (Å²) < 4.78 is 18.9. The highest BCUT2D eigenvalue weighted by atomic mass is 19.1. The van der Waals surface area contributed by atoms with E-state index in [0.717, 1.165) is 31.0 Å². The summed E-state index contributed by atoms with van der Waals surface area (Å²) in [6.07, 6.45) is 7.86. The topological polar surface area (TPSA) is 106 Å². The number of carbonyl (C=O) groups excluding carboxylic acids is 2. The normalized spacial score (nSPS) is 14.5. The molecule has 1 aromatic carbocycles. The summed E-state index contributed by atoms with van der Waals surface area (Å²) in [5.41, 5.74) is 1.80. The number of ether oxygens (including phenoxy) is 1. The molecule has 2 amide bonds. The lowest BCUT2D eigenvalue weighted by Gasteiger charge is -2.42. The van der Waals surface area contributed by atoms with Crippen LogP contribution in [-0.4, -0.2) is 44.6 Å². The summed E-state index contributed by atoms with van der Waals surface area (Å²) >= 11 is 0. The van der Waals surface area contributed by atoms with Crippen molar-refractivity contribution in [2.24, 2.45) is 0 Å². The van der Waals surface area contributed by atoms with E-state index < -0.39 is 23.1 Å². The summed E-state index contributed by atoms with van der Waals surface area (Å²) in [6.45, 7) is 5.76. The van der Waals surface area contributed by atoms with E-state index in [1.54, 1.807) is 36.7 Å². The molecule has 2 heterocycles. The second kappa shape index (κ2) is 9.77. The van der Waals surface area contributed by atoms with Gasteiger partial charge in [0.15, 0.2) is 0 Å². The SMILES string of the molecule is CC(C)(C)OC(=O)NC1(CNC(=O)c2ccc(-c3cncc(-c4cncc(F)c4)n3)cc2)CCC1. The summed E-state index contributed by atoms with van der Waals surface area (Å²) in [5.74, 6) is -0.686. The molecule has 2 aromatic heterocycles. The molecule has 182 valence electrons. The number of hydrogen-bond donors (Lipinski definition) is 2. The van der Waals surface area contributed by atoms with Crippen molar-refractivity contribution in [3.8, 4) is 22.5 Å². The van der Waals surface area contributed by atoms with Crippen molar-refractivity contribution >= 4 is 12.0 Å².